The Balaban J connectivity index is -0.000000150. The fraction of sp³-hybridized carbons (Fsp3) is 0.714. The molecule has 13 heavy (non-hydrogen) atoms. The Bertz CT molecular complexity index is 137. The second-order valence-electron chi connectivity index (χ2n) is 2.77. The van der Waals surface area contributed by atoms with Gasteiger partial charge in [0.05, 0.1) is 0 Å². The van der Waals surface area contributed by atoms with Crippen molar-refractivity contribution in [1.29, 1.82) is 0 Å². The summed E-state index contributed by atoms with van der Waals surface area (Å²) >= 11 is 2.22. The van der Waals surface area contributed by atoms with Gasteiger partial charge in [-0.25, -0.2) is 0 Å². The number of carbonyl (C=O) groups is 2. The van der Waals surface area contributed by atoms with Crippen LogP contribution >= 0.6 is 0 Å². The Hall–Kier alpha value is 1.17. The van der Waals surface area contributed by atoms with E-state index < -0.39 is 18.4 Å². The molecule has 0 amide bonds. The summed E-state index contributed by atoms with van der Waals surface area (Å²) in [5.74, 6) is -2.62. The molecule has 0 fully saturated rings. The summed E-state index contributed by atoms with van der Waals surface area (Å²) < 4.78 is 0.884. The first kappa shape index (κ1) is 19.7. The molecule has 0 radical (unpaired) electrons. The third-order valence-corrected chi connectivity index (χ3v) is 1.12. The second kappa shape index (κ2) is 13.2. The predicted octanol–water partition coefficient (Wildman–Crippen LogP) is 0.270. The maximum atomic E-state index is 9.43. The molecule has 0 aromatic heterocycles. The molecule has 0 heterocycles. The van der Waals surface area contributed by atoms with Crippen molar-refractivity contribution in [2.75, 3.05) is 0 Å². The Kier molecular flexibility index (Phi) is 20.0. The van der Waals surface area contributed by atoms with Crippen LogP contribution in [-0.4, -0.2) is 91.3 Å². The van der Waals surface area contributed by atoms with Crippen molar-refractivity contribution in [2.45, 2.75) is 31.3 Å². The summed E-state index contributed by atoms with van der Waals surface area (Å²) in [6.07, 6.45) is 0.500. The van der Waals surface area contributed by atoms with Gasteiger partial charge in [0, 0.05) is 0 Å². The summed E-state index contributed by atoms with van der Waals surface area (Å²) in [5.41, 5.74) is 0. The predicted molar refractivity (Wildman–Crippen MR) is 52.5 cm³/mol. The molecule has 0 aliphatic heterocycles. The monoisotopic (exact) mass is 208 g/mol. The average molecular weight is 208 g/mol. The van der Waals surface area contributed by atoms with E-state index in [-0.39, 0.29) is 51.4 Å². The molecule has 0 spiro atoms. The van der Waals surface area contributed by atoms with Crippen LogP contribution in [0.3, 0.4) is 0 Å². The van der Waals surface area contributed by atoms with E-state index in [2.05, 4.69) is 31.6 Å². The van der Waals surface area contributed by atoms with Crippen molar-refractivity contribution in [1.82, 2.24) is 0 Å². The van der Waals surface area contributed by atoms with Crippen LogP contribution in [-0.2, 0) is 9.59 Å². The zero-order valence-electron chi connectivity index (χ0n) is 7.70. The zero-order valence-corrected chi connectivity index (χ0v) is 7.70. The van der Waals surface area contributed by atoms with Crippen molar-refractivity contribution in [3.8, 4) is 0 Å². The Morgan fingerprint density at radius 2 is 1.54 bits per heavy atom. The number of carboxylic acids is 2. The molecule has 0 aliphatic rings. The standard InChI is InChI=1S/C4H9.C3H4O4.K.Li.H/c1-3-4-2;4-2(5)1-3(6)7;;;/h3H,4H2,1-2H3;1H2,(H,4,5)(H,6,7);;;. The van der Waals surface area contributed by atoms with Gasteiger partial charge < -0.3 is 10.2 Å². The first-order valence-corrected chi connectivity index (χ1v) is 3.83. The summed E-state index contributed by atoms with van der Waals surface area (Å²) in [5, 5.41) is 15.4. The average Bonchev–Trinajstić information content (AvgIpc) is 1.85. The molecule has 1 unspecified atom stereocenters. The van der Waals surface area contributed by atoms with Crippen LogP contribution < -0.4 is 0 Å². The molecule has 0 aliphatic carbocycles. The molecule has 0 aromatic carbocycles. The molecule has 68 valence electrons. The Morgan fingerprint density at radius 1 is 1.31 bits per heavy atom. The minimum absolute atomic E-state index is 0. The molecule has 0 rings (SSSR count). The Labute approximate surface area is 130 Å². The molecule has 0 aromatic rings. The number of rotatable bonds is 3. The van der Waals surface area contributed by atoms with Crippen LogP contribution in [0.5, 0.6) is 0 Å². The molecule has 6 heteroatoms. The van der Waals surface area contributed by atoms with Crippen LogP contribution in [0.2, 0.25) is 4.59 Å². The topological polar surface area (TPSA) is 74.6 Å². The van der Waals surface area contributed by atoms with E-state index in [1.165, 1.54) is 6.42 Å². The summed E-state index contributed by atoms with van der Waals surface area (Å²) in [4.78, 5) is 18.9. The van der Waals surface area contributed by atoms with Gasteiger partial charge in [0.2, 0.25) is 0 Å². The van der Waals surface area contributed by atoms with E-state index in [1.807, 2.05) is 0 Å². The molecule has 0 saturated heterocycles. The Morgan fingerprint density at radius 3 is 1.54 bits per heavy atom. The van der Waals surface area contributed by atoms with E-state index in [0.29, 0.717) is 0 Å². The fourth-order valence-corrected chi connectivity index (χ4v) is 0.129. The van der Waals surface area contributed by atoms with E-state index in [9.17, 15) is 9.59 Å². The maximum absolute atomic E-state index is 9.43. The quantitative estimate of drug-likeness (QED) is 0.515. The van der Waals surface area contributed by atoms with E-state index in [0.717, 1.165) is 4.59 Å². The molecule has 0 saturated carbocycles. The van der Waals surface area contributed by atoms with Gasteiger partial charge in [-0.3, -0.25) is 9.59 Å². The van der Waals surface area contributed by atoms with Crippen molar-refractivity contribution < 1.29 is 19.8 Å². The van der Waals surface area contributed by atoms with Crippen LogP contribution in [0.25, 0.3) is 0 Å². The van der Waals surface area contributed by atoms with Gasteiger partial charge in [-0.05, 0) is 0 Å². The molecule has 0 bridgehead atoms. The van der Waals surface area contributed by atoms with Gasteiger partial charge in [0.25, 0.3) is 0 Å². The van der Waals surface area contributed by atoms with E-state index in [1.54, 1.807) is 0 Å². The molecule has 1 atom stereocenters. The van der Waals surface area contributed by atoms with Gasteiger partial charge >= 0.3 is 106 Å². The van der Waals surface area contributed by atoms with Crippen molar-refractivity contribution in [2.24, 2.45) is 0 Å². The van der Waals surface area contributed by atoms with Gasteiger partial charge in [0.15, 0.2) is 0 Å². The van der Waals surface area contributed by atoms with Crippen molar-refractivity contribution in [3.05, 3.63) is 0 Å². The van der Waals surface area contributed by atoms with Gasteiger partial charge in [-0.1, -0.05) is 0 Å². The number of hydrogen-bond acceptors (Lipinski definition) is 2. The minimum atomic E-state index is -1.31. The molecule has 4 nitrogen and oxygen atoms in total. The summed E-state index contributed by atoms with van der Waals surface area (Å²) in [6, 6.07) is 0. The van der Waals surface area contributed by atoms with Gasteiger partial charge in [-0.15, -0.1) is 0 Å². The van der Waals surface area contributed by atoms with Gasteiger partial charge in [-0.2, -0.15) is 0 Å². The second-order valence-corrected chi connectivity index (χ2v) is 2.77. The first-order chi connectivity index (χ1) is 5.40. The summed E-state index contributed by atoms with van der Waals surface area (Å²) in [7, 11) is 0. The van der Waals surface area contributed by atoms with E-state index >= 15 is 0 Å². The third-order valence-electron chi connectivity index (χ3n) is 1.12. The molecular formula is C7H14KLiO4. The van der Waals surface area contributed by atoms with E-state index in [4.69, 9.17) is 10.2 Å². The van der Waals surface area contributed by atoms with Crippen LogP contribution in [0.1, 0.15) is 26.7 Å². The van der Waals surface area contributed by atoms with Gasteiger partial charge in [0.1, 0.15) is 6.42 Å². The van der Waals surface area contributed by atoms with Crippen molar-refractivity contribution >= 4 is 81.0 Å². The zero-order chi connectivity index (χ0) is 10.1. The molecule has 2 N–H and O–H groups in total. The summed E-state index contributed by atoms with van der Waals surface area (Å²) in [6.45, 7) is 4.42. The third kappa shape index (κ3) is 32.0. The molecular weight excluding hydrogens is 194 g/mol. The van der Waals surface area contributed by atoms with Crippen LogP contribution in [0.15, 0.2) is 0 Å². The van der Waals surface area contributed by atoms with Crippen LogP contribution in [0, 0.1) is 0 Å². The van der Waals surface area contributed by atoms with Crippen LogP contribution in [0.4, 0.5) is 0 Å². The normalized spacial score (nSPS) is 10.2. The number of carboxylic acid groups (broad SMARTS) is 2. The first-order valence-electron chi connectivity index (χ1n) is 3.83. The fourth-order valence-electron chi connectivity index (χ4n) is 0.129. The SMILES string of the molecule is O=C(O)CC(=O)O.[KH].[Li][CH](C)CC. The number of aliphatic carboxylic acids is 2. The number of hydrogen-bond donors (Lipinski definition) is 2. The van der Waals surface area contributed by atoms with Crippen molar-refractivity contribution in [3.63, 3.8) is 0 Å².